The summed E-state index contributed by atoms with van der Waals surface area (Å²) in [7, 11) is 0. The van der Waals surface area contributed by atoms with E-state index in [-0.39, 0.29) is 0 Å². The third kappa shape index (κ3) is 3.94. The van der Waals surface area contributed by atoms with E-state index in [0.29, 0.717) is 0 Å². The Balaban J connectivity index is 1.26. The Kier molecular flexibility index (Phi) is 6.23. The molecule has 0 aliphatic heterocycles. The van der Waals surface area contributed by atoms with E-state index in [1.165, 1.54) is 76.8 Å². The van der Waals surface area contributed by atoms with Crippen molar-refractivity contribution in [2.45, 2.75) is 5.41 Å². The average molecular weight is 661 g/mol. The van der Waals surface area contributed by atoms with Crippen LogP contribution >= 0.6 is 0 Å². The molecule has 0 radical (unpaired) electrons. The molecule has 0 N–H and O–H groups in total. The molecule has 0 bridgehead atoms. The molecule has 1 nitrogen and oxygen atoms in total. The number of rotatable bonds is 4. The lowest BCUT2D eigenvalue weighted by molar-refractivity contribution is 0.628. The van der Waals surface area contributed by atoms with Gasteiger partial charge in [-0.2, -0.15) is 0 Å². The molecular weight excluding hydrogens is 629 g/mol. The van der Waals surface area contributed by atoms with Crippen LogP contribution in [-0.2, 0) is 5.41 Å². The number of furan rings is 1. The summed E-state index contributed by atoms with van der Waals surface area (Å²) in [5.74, 6) is 0.955. The van der Waals surface area contributed by atoms with Gasteiger partial charge in [0.25, 0.3) is 0 Å². The van der Waals surface area contributed by atoms with E-state index in [2.05, 4.69) is 194 Å². The van der Waals surface area contributed by atoms with Gasteiger partial charge >= 0.3 is 0 Å². The zero-order chi connectivity index (χ0) is 34.2. The van der Waals surface area contributed by atoms with Crippen LogP contribution in [0, 0.1) is 0 Å². The summed E-state index contributed by atoms with van der Waals surface area (Å²) in [6.45, 7) is 0. The first-order chi connectivity index (χ1) is 25.8. The number of hydrogen-bond donors (Lipinski definition) is 0. The van der Waals surface area contributed by atoms with E-state index < -0.39 is 5.41 Å². The summed E-state index contributed by atoms with van der Waals surface area (Å²) < 4.78 is 6.82. The Bertz CT molecular complexity index is 2900. The van der Waals surface area contributed by atoms with Gasteiger partial charge in [0.05, 0.1) is 5.41 Å². The minimum Gasteiger partial charge on any atom is -0.456 e. The molecule has 1 aromatic heterocycles. The molecule has 0 atom stereocenters. The van der Waals surface area contributed by atoms with Crippen molar-refractivity contribution in [3.05, 3.63) is 216 Å². The average Bonchev–Trinajstić information content (AvgIpc) is 3.73. The molecule has 1 heteroatoms. The summed E-state index contributed by atoms with van der Waals surface area (Å²) in [5.41, 5.74) is 11.4. The molecule has 0 saturated carbocycles. The standard InChI is InChI=1S/C51H32O/c1-3-18-35(19-4-1)51(36-20-5-2-6-21-36)45-32-34(30-31-43(45)50-49(51)44-27-13-14-29-46(44)52-50)47-39-23-9-11-25-41(39)48(42-26-12-10-24-40(42)47)38-28-15-17-33-16-7-8-22-37(33)38/h1-32H. The summed E-state index contributed by atoms with van der Waals surface area (Å²) >= 11 is 0. The molecule has 0 unspecified atom stereocenters. The normalized spacial score (nSPS) is 13.2. The van der Waals surface area contributed by atoms with Gasteiger partial charge in [0, 0.05) is 16.5 Å². The first-order valence-corrected chi connectivity index (χ1v) is 18.0. The van der Waals surface area contributed by atoms with Gasteiger partial charge in [-0.3, -0.25) is 0 Å². The van der Waals surface area contributed by atoms with Gasteiger partial charge in [-0.15, -0.1) is 0 Å². The fraction of sp³-hybridized carbons (Fsp3) is 0.0196. The quantitative estimate of drug-likeness (QED) is 0.171. The van der Waals surface area contributed by atoms with Gasteiger partial charge in [-0.1, -0.05) is 182 Å². The maximum absolute atomic E-state index is 6.82. The molecule has 0 fully saturated rings. The summed E-state index contributed by atoms with van der Waals surface area (Å²) in [6.07, 6.45) is 0. The number of para-hydroxylation sites is 1. The molecule has 11 rings (SSSR count). The molecular formula is C51H32O. The van der Waals surface area contributed by atoms with Crippen molar-refractivity contribution in [3.63, 3.8) is 0 Å². The Morgan fingerprint density at radius 1 is 0.365 bits per heavy atom. The number of benzene rings is 9. The largest absolute Gasteiger partial charge is 0.456 e. The molecule has 9 aromatic carbocycles. The fourth-order valence-electron chi connectivity index (χ4n) is 9.27. The van der Waals surface area contributed by atoms with E-state index in [9.17, 15) is 0 Å². The van der Waals surface area contributed by atoms with Crippen LogP contribution in [-0.4, -0.2) is 0 Å². The van der Waals surface area contributed by atoms with Crippen molar-refractivity contribution in [3.8, 4) is 33.6 Å². The van der Waals surface area contributed by atoms with Crippen molar-refractivity contribution in [2.75, 3.05) is 0 Å². The van der Waals surface area contributed by atoms with Crippen LogP contribution in [0.3, 0.4) is 0 Å². The smallest absolute Gasteiger partial charge is 0.140 e. The zero-order valence-corrected chi connectivity index (χ0v) is 28.4. The van der Waals surface area contributed by atoms with E-state index in [4.69, 9.17) is 4.42 Å². The number of fused-ring (bicyclic) bond motifs is 8. The third-order valence-electron chi connectivity index (χ3n) is 11.3. The van der Waals surface area contributed by atoms with Crippen molar-refractivity contribution in [1.82, 2.24) is 0 Å². The minimum absolute atomic E-state index is 0.579. The molecule has 1 aliphatic rings. The van der Waals surface area contributed by atoms with E-state index in [1.807, 2.05) is 0 Å². The summed E-state index contributed by atoms with van der Waals surface area (Å²) in [6, 6.07) is 70.9. The first kappa shape index (κ1) is 29.1. The maximum Gasteiger partial charge on any atom is 0.140 e. The van der Waals surface area contributed by atoms with Crippen LogP contribution < -0.4 is 0 Å². The number of hydrogen-bond acceptors (Lipinski definition) is 1. The highest BCUT2D eigenvalue weighted by atomic mass is 16.3. The van der Waals surface area contributed by atoms with Crippen LogP contribution in [0.1, 0.15) is 22.3 Å². The van der Waals surface area contributed by atoms with E-state index in [1.54, 1.807) is 0 Å². The van der Waals surface area contributed by atoms with Gasteiger partial charge in [0.15, 0.2) is 0 Å². The van der Waals surface area contributed by atoms with Crippen molar-refractivity contribution < 1.29 is 4.42 Å². The van der Waals surface area contributed by atoms with Gasteiger partial charge in [-0.05, 0) is 83.4 Å². The molecule has 0 saturated heterocycles. The van der Waals surface area contributed by atoms with Crippen molar-refractivity contribution in [1.29, 1.82) is 0 Å². The molecule has 52 heavy (non-hydrogen) atoms. The Labute approximate surface area is 302 Å². The topological polar surface area (TPSA) is 13.1 Å². The molecule has 10 aromatic rings. The second kappa shape index (κ2) is 11.2. The first-order valence-electron chi connectivity index (χ1n) is 18.0. The van der Waals surface area contributed by atoms with Crippen LogP contribution in [0.15, 0.2) is 199 Å². The van der Waals surface area contributed by atoms with Gasteiger partial charge in [-0.25, -0.2) is 0 Å². The van der Waals surface area contributed by atoms with E-state index in [0.717, 1.165) is 22.3 Å². The summed E-state index contributed by atoms with van der Waals surface area (Å²) in [5, 5.41) is 8.66. The highest BCUT2D eigenvalue weighted by Gasteiger charge is 2.49. The van der Waals surface area contributed by atoms with Gasteiger partial charge < -0.3 is 4.42 Å². The van der Waals surface area contributed by atoms with Crippen LogP contribution in [0.2, 0.25) is 0 Å². The summed E-state index contributed by atoms with van der Waals surface area (Å²) in [4.78, 5) is 0. The minimum atomic E-state index is -0.579. The Morgan fingerprint density at radius 3 is 1.54 bits per heavy atom. The van der Waals surface area contributed by atoms with Crippen LogP contribution in [0.25, 0.3) is 76.9 Å². The molecule has 1 aliphatic carbocycles. The maximum atomic E-state index is 6.82. The third-order valence-corrected chi connectivity index (χ3v) is 11.3. The second-order valence-electron chi connectivity index (χ2n) is 13.9. The second-order valence-corrected chi connectivity index (χ2v) is 13.9. The Morgan fingerprint density at radius 2 is 0.885 bits per heavy atom. The van der Waals surface area contributed by atoms with Gasteiger partial charge in [0.2, 0.25) is 0 Å². The lowest BCUT2D eigenvalue weighted by atomic mass is 9.67. The predicted molar refractivity (Wildman–Crippen MR) is 217 cm³/mol. The van der Waals surface area contributed by atoms with Gasteiger partial charge in [0.1, 0.15) is 11.3 Å². The lowest BCUT2D eigenvalue weighted by Gasteiger charge is -2.33. The fourth-order valence-corrected chi connectivity index (χ4v) is 9.27. The highest BCUT2D eigenvalue weighted by molar-refractivity contribution is 6.23. The molecule has 242 valence electrons. The monoisotopic (exact) mass is 660 g/mol. The SMILES string of the molecule is c1ccc(C2(c3ccccc3)c3cc(-c4c5ccccc5c(-c5cccc6ccccc56)c5ccccc45)ccc3-c3oc4ccccc4c32)cc1. The zero-order valence-electron chi connectivity index (χ0n) is 28.4. The van der Waals surface area contributed by atoms with Crippen LogP contribution in [0.5, 0.6) is 0 Å². The Hall–Kier alpha value is -6.70. The van der Waals surface area contributed by atoms with E-state index >= 15 is 0 Å². The molecule has 0 amide bonds. The highest BCUT2D eigenvalue weighted by Crippen LogP contribution is 2.60. The molecule has 0 spiro atoms. The van der Waals surface area contributed by atoms with Crippen molar-refractivity contribution in [2.24, 2.45) is 0 Å². The molecule has 1 heterocycles. The lowest BCUT2D eigenvalue weighted by Crippen LogP contribution is -2.28. The van der Waals surface area contributed by atoms with Crippen LogP contribution in [0.4, 0.5) is 0 Å². The van der Waals surface area contributed by atoms with Crippen molar-refractivity contribution >= 4 is 43.3 Å². The predicted octanol–water partition coefficient (Wildman–Crippen LogP) is 13.6.